The molecule has 1 aromatic carbocycles. The van der Waals surface area contributed by atoms with E-state index in [0.29, 0.717) is 5.88 Å². The Bertz CT molecular complexity index is 526. The molecule has 0 bridgehead atoms. The van der Waals surface area contributed by atoms with Gasteiger partial charge in [0, 0.05) is 37.1 Å². The van der Waals surface area contributed by atoms with Gasteiger partial charge in [-0.2, -0.15) is 0 Å². The molecule has 0 N–H and O–H groups in total. The van der Waals surface area contributed by atoms with E-state index in [-0.39, 0.29) is 0 Å². The number of halogens is 1. The zero-order valence-electron chi connectivity index (χ0n) is 11.4. The summed E-state index contributed by atoms with van der Waals surface area (Å²) in [6.07, 6.45) is 3.68. The summed E-state index contributed by atoms with van der Waals surface area (Å²) < 4.78 is 0. The molecule has 0 radical (unpaired) electrons. The van der Waals surface area contributed by atoms with Crippen LogP contribution in [0.4, 0.5) is 5.69 Å². The van der Waals surface area contributed by atoms with E-state index in [1.807, 2.05) is 12.4 Å². The van der Waals surface area contributed by atoms with Crippen LogP contribution >= 0.6 is 11.6 Å². The van der Waals surface area contributed by atoms with Crippen molar-refractivity contribution >= 4 is 17.3 Å². The second kappa shape index (κ2) is 6.58. The highest BCUT2D eigenvalue weighted by Crippen LogP contribution is 2.23. The van der Waals surface area contributed by atoms with Gasteiger partial charge < -0.3 is 4.90 Å². The minimum absolute atomic E-state index is 0.567. The first-order chi connectivity index (χ1) is 9.24. The van der Waals surface area contributed by atoms with Crippen molar-refractivity contribution in [1.29, 1.82) is 0 Å². The van der Waals surface area contributed by atoms with E-state index >= 15 is 0 Å². The first-order valence-corrected chi connectivity index (χ1v) is 7.07. The molecular formula is C16H19ClN2. The summed E-state index contributed by atoms with van der Waals surface area (Å²) in [5, 5.41) is 0. The number of nitrogens with zero attached hydrogens (tertiary/aromatic N) is 2. The van der Waals surface area contributed by atoms with Crippen molar-refractivity contribution in [2.24, 2.45) is 0 Å². The Kier molecular flexibility index (Phi) is 4.80. The van der Waals surface area contributed by atoms with Crippen LogP contribution in [0, 0.1) is 6.92 Å². The minimum atomic E-state index is 0.567. The average molecular weight is 275 g/mol. The summed E-state index contributed by atoms with van der Waals surface area (Å²) in [4.78, 5) is 6.42. The molecule has 0 amide bonds. The lowest BCUT2D eigenvalue weighted by Gasteiger charge is -2.25. The second-order valence-corrected chi connectivity index (χ2v) is 4.89. The number of anilines is 1. The van der Waals surface area contributed by atoms with Crippen molar-refractivity contribution in [2.45, 2.75) is 26.3 Å². The van der Waals surface area contributed by atoms with Gasteiger partial charge >= 0.3 is 0 Å². The Labute approximate surface area is 120 Å². The van der Waals surface area contributed by atoms with E-state index in [0.717, 1.165) is 13.1 Å². The van der Waals surface area contributed by atoms with Gasteiger partial charge in [-0.05, 0) is 48.7 Å². The SMILES string of the molecule is CCN(Cc1ccncc1)c1ccc(CCl)cc1C. The van der Waals surface area contributed by atoms with E-state index in [4.69, 9.17) is 11.6 Å². The molecule has 0 saturated carbocycles. The molecule has 0 spiro atoms. The molecule has 2 aromatic rings. The fourth-order valence-electron chi connectivity index (χ4n) is 2.23. The highest BCUT2D eigenvalue weighted by molar-refractivity contribution is 6.17. The van der Waals surface area contributed by atoms with Crippen molar-refractivity contribution in [3.8, 4) is 0 Å². The average Bonchev–Trinajstić information content (AvgIpc) is 2.46. The summed E-state index contributed by atoms with van der Waals surface area (Å²) >= 11 is 5.87. The predicted octanol–water partition coefficient (Wildman–Crippen LogP) is 4.16. The van der Waals surface area contributed by atoms with Gasteiger partial charge in [0.25, 0.3) is 0 Å². The third-order valence-electron chi connectivity index (χ3n) is 3.26. The van der Waals surface area contributed by atoms with Gasteiger partial charge in [0.05, 0.1) is 0 Å². The molecule has 0 aliphatic carbocycles. The van der Waals surface area contributed by atoms with Gasteiger partial charge in [-0.1, -0.05) is 12.1 Å². The van der Waals surface area contributed by atoms with Crippen molar-refractivity contribution in [2.75, 3.05) is 11.4 Å². The van der Waals surface area contributed by atoms with Crippen molar-refractivity contribution in [3.05, 3.63) is 59.4 Å². The van der Waals surface area contributed by atoms with Crippen LogP contribution in [0.5, 0.6) is 0 Å². The third kappa shape index (κ3) is 3.48. The van der Waals surface area contributed by atoms with Gasteiger partial charge in [0.2, 0.25) is 0 Å². The molecular weight excluding hydrogens is 256 g/mol. The lowest BCUT2D eigenvalue weighted by atomic mass is 10.1. The molecule has 100 valence electrons. The molecule has 1 aromatic heterocycles. The molecule has 0 unspecified atom stereocenters. The third-order valence-corrected chi connectivity index (χ3v) is 3.57. The summed E-state index contributed by atoms with van der Waals surface area (Å²) in [5.74, 6) is 0.567. The van der Waals surface area contributed by atoms with Crippen molar-refractivity contribution < 1.29 is 0 Å². The largest absolute Gasteiger partial charge is 0.367 e. The summed E-state index contributed by atoms with van der Waals surface area (Å²) in [5.41, 5.74) is 4.99. The molecule has 19 heavy (non-hydrogen) atoms. The molecule has 2 nitrogen and oxygen atoms in total. The normalized spacial score (nSPS) is 10.5. The monoisotopic (exact) mass is 274 g/mol. The van der Waals surface area contributed by atoms with E-state index in [1.165, 1.54) is 22.4 Å². The highest BCUT2D eigenvalue weighted by atomic mass is 35.5. The van der Waals surface area contributed by atoms with Gasteiger partial charge in [-0.15, -0.1) is 11.6 Å². The van der Waals surface area contributed by atoms with Crippen molar-refractivity contribution in [1.82, 2.24) is 4.98 Å². The zero-order valence-corrected chi connectivity index (χ0v) is 12.2. The standard InChI is InChI=1S/C16H19ClN2/c1-3-19(12-14-6-8-18-9-7-14)16-5-4-15(11-17)10-13(16)2/h4-10H,3,11-12H2,1-2H3. The Morgan fingerprint density at radius 2 is 1.84 bits per heavy atom. The number of hydrogen-bond acceptors (Lipinski definition) is 2. The lowest BCUT2D eigenvalue weighted by molar-refractivity contribution is 0.826. The van der Waals surface area contributed by atoms with E-state index < -0.39 is 0 Å². The maximum atomic E-state index is 5.87. The molecule has 1 heterocycles. The first kappa shape index (κ1) is 13.9. The molecule has 2 rings (SSSR count). The lowest BCUT2D eigenvalue weighted by Crippen LogP contribution is -2.22. The summed E-state index contributed by atoms with van der Waals surface area (Å²) in [6.45, 7) is 6.19. The number of aromatic nitrogens is 1. The second-order valence-electron chi connectivity index (χ2n) is 4.62. The zero-order chi connectivity index (χ0) is 13.7. The number of alkyl halides is 1. The smallest absolute Gasteiger partial charge is 0.0474 e. The summed E-state index contributed by atoms with van der Waals surface area (Å²) in [6, 6.07) is 10.6. The van der Waals surface area contributed by atoms with Crippen LogP contribution in [0.1, 0.15) is 23.6 Å². The Balaban J connectivity index is 2.22. The van der Waals surface area contributed by atoms with E-state index in [9.17, 15) is 0 Å². The predicted molar refractivity (Wildman–Crippen MR) is 81.7 cm³/mol. The van der Waals surface area contributed by atoms with E-state index in [1.54, 1.807) is 0 Å². The fraction of sp³-hybridized carbons (Fsp3) is 0.312. The van der Waals surface area contributed by atoms with Crippen LogP contribution in [0.3, 0.4) is 0 Å². The molecule has 0 saturated heterocycles. The quantitative estimate of drug-likeness (QED) is 0.761. The molecule has 0 atom stereocenters. The number of rotatable bonds is 5. The number of benzene rings is 1. The summed E-state index contributed by atoms with van der Waals surface area (Å²) in [7, 11) is 0. The van der Waals surface area contributed by atoms with Crippen LogP contribution < -0.4 is 4.90 Å². The van der Waals surface area contributed by atoms with Crippen LogP contribution in [0.25, 0.3) is 0 Å². The van der Waals surface area contributed by atoms with Crippen LogP contribution in [0.15, 0.2) is 42.7 Å². The minimum Gasteiger partial charge on any atom is -0.367 e. The number of aryl methyl sites for hydroxylation is 1. The fourth-order valence-corrected chi connectivity index (χ4v) is 2.40. The van der Waals surface area contributed by atoms with Crippen molar-refractivity contribution in [3.63, 3.8) is 0 Å². The maximum absolute atomic E-state index is 5.87. The maximum Gasteiger partial charge on any atom is 0.0474 e. The van der Waals surface area contributed by atoms with Crippen LogP contribution in [-0.4, -0.2) is 11.5 Å². The van der Waals surface area contributed by atoms with E-state index in [2.05, 4.69) is 54.1 Å². The topological polar surface area (TPSA) is 16.1 Å². The Hall–Kier alpha value is -1.54. The van der Waals surface area contributed by atoms with Crippen LogP contribution in [-0.2, 0) is 12.4 Å². The number of pyridine rings is 1. The van der Waals surface area contributed by atoms with Crippen LogP contribution in [0.2, 0.25) is 0 Å². The Morgan fingerprint density at radius 3 is 2.42 bits per heavy atom. The molecule has 0 fully saturated rings. The molecule has 0 aliphatic heterocycles. The first-order valence-electron chi connectivity index (χ1n) is 6.54. The Morgan fingerprint density at radius 1 is 1.11 bits per heavy atom. The van der Waals surface area contributed by atoms with Gasteiger partial charge in [0.15, 0.2) is 0 Å². The highest BCUT2D eigenvalue weighted by Gasteiger charge is 2.08. The van der Waals surface area contributed by atoms with Gasteiger partial charge in [-0.25, -0.2) is 0 Å². The number of hydrogen-bond donors (Lipinski definition) is 0. The van der Waals surface area contributed by atoms with Gasteiger partial charge in [0.1, 0.15) is 0 Å². The van der Waals surface area contributed by atoms with Gasteiger partial charge in [-0.3, -0.25) is 4.98 Å². The molecule has 3 heteroatoms. The molecule has 0 aliphatic rings.